The number of nitro groups is 1. The van der Waals surface area contributed by atoms with Crippen molar-refractivity contribution in [3.8, 4) is 0 Å². The first kappa shape index (κ1) is 19.7. The highest BCUT2D eigenvalue weighted by Gasteiger charge is 2.47. The van der Waals surface area contributed by atoms with E-state index >= 15 is 0 Å². The second-order valence-corrected chi connectivity index (χ2v) is 6.54. The minimum Gasteiger partial charge on any atom is -0.507 e. The third kappa shape index (κ3) is 3.70. The van der Waals surface area contributed by atoms with Crippen molar-refractivity contribution < 1.29 is 29.5 Å². The van der Waals surface area contributed by atoms with Gasteiger partial charge in [-0.15, -0.1) is 0 Å². The van der Waals surface area contributed by atoms with Crippen LogP contribution in [-0.2, 0) is 14.4 Å². The molecule has 2 aromatic rings. The van der Waals surface area contributed by atoms with E-state index < -0.39 is 40.9 Å². The summed E-state index contributed by atoms with van der Waals surface area (Å²) in [4.78, 5) is 47.6. The fourth-order valence-electron chi connectivity index (χ4n) is 3.21. The van der Waals surface area contributed by atoms with Crippen LogP contribution in [0, 0.1) is 17.0 Å². The van der Waals surface area contributed by atoms with Gasteiger partial charge in [-0.2, -0.15) is 0 Å². The van der Waals surface area contributed by atoms with Crippen LogP contribution in [0.25, 0.3) is 5.76 Å². The zero-order valence-electron chi connectivity index (χ0n) is 15.2. The minimum absolute atomic E-state index is 0.147. The van der Waals surface area contributed by atoms with Crippen molar-refractivity contribution in [3.05, 3.63) is 80.9 Å². The Kier molecular flexibility index (Phi) is 5.14. The number of aliphatic carboxylic acids is 1. The number of aliphatic hydroxyl groups excluding tert-OH is 1. The summed E-state index contributed by atoms with van der Waals surface area (Å²) in [6, 6.07) is 10.4. The highest BCUT2D eigenvalue weighted by atomic mass is 16.6. The molecule has 0 aliphatic carbocycles. The number of nitro benzene ring substituents is 1. The van der Waals surface area contributed by atoms with Gasteiger partial charge >= 0.3 is 5.97 Å². The average Bonchev–Trinajstić information content (AvgIpc) is 2.92. The van der Waals surface area contributed by atoms with Gasteiger partial charge in [0, 0.05) is 17.7 Å². The summed E-state index contributed by atoms with van der Waals surface area (Å²) < 4.78 is 0. The molecule has 0 saturated carbocycles. The number of amides is 1. The number of carboxylic acid groups (broad SMARTS) is 1. The zero-order chi connectivity index (χ0) is 21.3. The average molecular weight is 396 g/mol. The lowest BCUT2D eigenvalue weighted by molar-refractivity contribution is -0.384. The van der Waals surface area contributed by atoms with Gasteiger partial charge in [0.05, 0.1) is 16.5 Å². The number of aliphatic hydroxyl groups is 1. The molecular weight excluding hydrogens is 380 g/mol. The van der Waals surface area contributed by atoms with Crippen LogP contribution >= 0.6 is 0 Å². The van der Waals surface area contributed by atoms with Crippen molar-refractivity contribution in [2.24, 2.45) is 0 Å². The molecule has 0 radical (unpaired) electrons. The first-order chi connectivity index (χ1) is 13.7. The van der Waals surface area contributed by atoms with Gasteiger partial charge in [-0.05, 0) is 12.5 Å². The van der Waals surface area contributed by atoms with Crippen LogP contribution in [0.1, 0.15) is 22.7 Å². The molecule has 1 aliphatic heterocycles. The van der Waals surface area contributed by atoms with Crippen LogP contribution in [0.5, 0.6) is 0 Å². The summed E-state index contributed by atoms with van der Waals surface area (Å²) in [6.07, 6.45) is 0. The van der Waals surface area contributed by atoms with Gasteiger partial charge in [0.2, 0.25) is 0 Å². The largest absolute Gasteiger partial charge is 0.507 e. The standard InChI is InChI=1S/C20H16N2O7/c1-11-5-7-12(8-6-11)18(25)16-17(13-3-2-4-14(9-13)22(28)29)21(10-15(23)24)20(27)19(16)26/h2-9,17,25H,10H2,1H3,(H,23,24)/t17-/m0/s1. The third-order valence-electron chi connectivity index (χ3n) is 4.57. The van der Waals surface area contributed by atoms with Gasteiger partial charge < -0.3 is 15.1 Å². The Morgan fingerprint density at radius 3 is 2.38 bits per heavy atom. The van der Waals surface area contributed by atoms with E-state index in [4.69, 9.17) is 5.11 Å². The van der Waals surface area contributed by atoms with E-state index in [1.165, 1.54) is 18.2 Å². The van der Waals surface area contributed by atoms with E-state index in [1.807, 2.05) is 6.92 Å². The highest BCUT2D eigenvalue weighted by Crippen LogP contribution is 2.40. The summed E-state index contributed by atoms with van der Waals surface area (Å²) in [5.74, 6) is -4.00. The van der Waals surface area contributed by atoms with Crippen molar-refractivity contribution in [3.63, 3.8) is 0 Å². The topological polar surface area (TPSA) is 138 Å². The first-order valence-corrected chi connectivity index (χ1v) is 8.52. The van der Waals surface area contributed by atoms with E-state index in [0.717, 1.165) is 16.5 Å². The second-order valence-electron chi connectivity index (χ2n) is 6.54. The Morgan fingerprint density at radius 2 is 1.79 bits per heavy atom. The molecule has 2 aromatic carbocycles. The van der Waals surface area contributed by atoms with Crippen molar-refractivity contribution in [1.82, 2.24) is 4.90 Å². The third-order valence-corrected chi connectivity index (χ3v) is 4.57. The number of hydrogen-bond acceptors (Lipinski definition) is 6. The maximum Gasteiger partial charge on any atom is 0.323 e. The molecule has 0 spiro atoms. The van der Waals surface area contributed by atoms with Crippen LogP contribution in [0.3, 0.4) is 0 Å². The number of Topliss-reactive ketones (excluding diaryl/α,β-unsaturated/α-hetero) is 1. The minimum atomic E-state index is -1.36. The summed E-state index contributed by atoms with van der Waals surface area (Å²) >= 11 is 0. The van der Waals surface area contributed by atoms with E-state index in [2.05, 4.69) is 0 Å². The maximum absolute atomic E-state index is 12.6. The molecule has 2 N–H and O–H groups in total. The molecule has 1 aliphatic rings. The van der Waals surface area contributed by atoms with E-state index in [9.17, 15) is 29.6 Å². The van der Waals surface area contributed by atoms with Crippen LogP contribution < -0.4 is 0 Å². The van der Waals surface area contributed by atoms with E-state index in [1.54, 1.807) is 24.3 Å². The molecule has 29 heavy (non-hydrogen) atoms. The molecule has 9 nitrogen and oxygen atoms in total. The first-order valence-electron chi connectivity index (χ1n) is 8.52. The normalized spacial score (nSPS) is 18.1. The predicted molar refractivity (Wildman–Crippen MR) is 101 cm³/mol. The van der Waals surface area contributed by atoms with Gasteiger partial charge in [0.15, 0.2) is 0 Å². The summed E-state index contributed by atoms with van der Waals surface area (Å²) in [7, 11) is 0. The van der Waals surface area contributed by atoms with Crippen LogP contribution in [0.2, 0.25) is 0 Å². The van der Waals surface area contributed by atoms with Crippen molar-refractivity contribution in [1.29, 1.82) is 0 Å². The van der Waals surface area contributed by atoms with Gasteiger partial charge in [0.25, 0.3) is 17.4 Å². The van der Waals surface area contributed by atoms with E-state index in [-0.39, 0.29) is 22.4 Å². The number of aryl methyl sites for hydroxylation is 1. The van der Waals surface area contributed by atoms with Gasteiger partial charge in [-0.1, -0.05) is 42.0 Å². The summed E-state index contributed by atoms with van der Waals surface area (Å²) in [5, 5.41) is 31.1. The number of nitrogens with zero attached hydrogens (tertiary/aromatic N) is 2. The number of rotatable bonds is 5. The molecular formula is C20H16N2O7. The Bertz CT molecular complexity index is 1060. The number of hydrogen-bond donors (Lipinski definition) is 2. The Labute approximate surface area is 164 Å². The number of carbonyl (C=O) groups is 3. The molecule has 1 saturated heterocycles. The molecule has 0 bridgehead atoms. The molecule has 1 amide bonds. The van der Waals surface area contributed by atoms with Crippen molar-refractivity contribution in [2.45, 2.75) is 13.0 Å². The molecule has 9 heteroatoms. The SMILES string of the molecule is Cc1ccc(C(O)=C2C(=O)C(=O)N(CC(=O)O)[C@H]2c2cccc([N+](=O)[O-])c2)cc1. The maximum atomic E-state index is 12.6. The number of likely N-dealkylation sites (tertiary alicyclic amines) is 1. The molecule has 1 fully saturated rings. The molecule has 0 unspecified atom stereocenters. The molecule has 148 valence electrons. The zero-order valence-corrected chi connectivity index (χ0v) is 15.2. The molecule has 1 heterocycles. The summed E-state index contributed by atoms with van der Waals surface area (Å²) in [5.41, 5.74) is 0.704. The van der Waals surface area contributed by atoms with Crippen molar-refractivity contribution >= 4 is 29.1 Å². The Morgan fingerprint density at radius 1 is 1.14 bits per heavy atom. The number of ketones is 1. The lowest BCUT2D eigenvalue weighted by atomic mass is 9.95. The summed E-state index contributed by atoms with van der Waals surface area (Å²) in [6.45, 7) is 1.03. The lowest BCUT2D eigenvalue weighted by Gasteiger charge is -2.23. The second kappa shape index (κ2) is 7.55. The van der Waals surface area contributed by atoms with Crippen molar-refractivity contribution in [2.75, 3.05) is 6.54 Å². The fraction of sp³-hybridized carbons (Fsp3) is 0.150. The molecule has 3 rings (SSSR count). The Balaban J connectivity index is 2.22. The molecule has 0 aromatic heterocycles. The molecule has 1 atom stereocenters. The van der Waals surface area contributed by atoms with E-state index in [0.29, 0.717) is 0 Å². The fourth-order valence-corrected chi connectivity index (χ4v) is 3.21. The highest BCUT2D eigenvalue weighted by molar-refractivity contribution is 6.46. The van der Waals surface area contributed by atoms with Crippen LogP contribution in [0.4, 0.5) is 5.69 Å². The van der Waals surface area contributed by atoms with Crippen LogP contribution in [-0.4, -0.2) is 44.2 Å². The number of carbonyl (C=O) groups excluding carboxylic acids is 2. The monoisotopic (exact) mass is 396 g/mol. The quantitative estimate of drug-likeness (QED) is 0.260. The van der Waals surface area contributed by atoms with Gasteiger partial charge in [0.1, 0.15) is 12.3 Å². The Hall–Kier alpha value is -4.01. The van der Waals surface area contributed by atoms with Gasteiger partial charge in [-0.3, -0.25) is 24.5 Å². The number of carboxylic acids is 1. The smallest absolute Gasteiger partial charge is 0.323 e. The van der Waals surface area contributed by atoms with Crippen LogP contribution in [0.15, 0.2) is 54.1 Å². The lowest BCUT2D eigenvalue weighted by Crippen LogP contribution is -2.34. The number of benzene rings is 2. The number of non-ortho nitro benzene ring substituents is 1. The predicted octanol–water partition coefficient (Wildman–Crippen LogP) is 2.41. The van der Waals surface area contributed by atoms with Gasteiger partial charge in [-0.25, -0.2) is 0 Å².